The van der Waals surface area contributed by atoms with E-state index < -0.39 is 0 Å². The lowest BCUT2D eigenvalue weighted by Crippen LogP contribution is -2.18. The average Bonchev–Trinajstić information content (AvgIpc) is 2.94. The fourth-order valence-electron chi connectivity index (χ4n) is 3.44. The van der Waals surface area contributed by atoms with Gasteiger partial charge in [0, 0.05) is 23.1 Å². The van der Waals surface area contributed by atoms with E-state index in [0.29, 0.717) is 34.6 Å². The number of nitrogens with one attached hydrogen (secondary N) is 1. The molecule has 0 saturated heterocycles. The zero-order valence-corrected chi connectivity index (χ0v) is 17.4. The molecule has 0 bridgehead atoms. The first kappa shape index (κ1) is 20.0. The molecule has 0 unspecified atom stereocenters. The maximum absolute atomic E-state index is 13.1. The van der Waals surface area contributed by atoms with Crippen molar-refractivity contribution >= 4 is 34.1 Å². The molecule has 2 aromatic carbocycles. The van der Waals surface area contributed by atoms with Crippen molar-refractivity contribution in [3.63, 3.8) is 0 Å². The van der Waals surface area contributed by atoms with Crippen LogP contribution >= 0.6 is 11.6 Å². The number of nitrogens with zero attached hydrogens (tertiary/aromatic N) is 1. The van der Waals surface area contributed by atoms with E-state index in [0.717, 1.165) is 16.5 Å². The molecule has 0 spiro atoms. The lowest BCUT2D eigenvalue weighted by Gasteiger charge is -2.11. The molecule has 1 aromatic heterocycles. The van der Waals surface area contributed by atoms with Crippen LogP contribution in [0.1, 0.15) is 41.4 Å². The van der Waals surface area contributed by atoms with E-state index in [9.17, 15) is 4.79 Å². The number of carbonyl (C=O) groups is 1. The number of allylic oxidation sites excluding steroid dienone is 1. The van der Waals surface area contributed by atoms with Crippen molar-refractivity contribution in [2.24, 2.45) is 0 Å². The number of anilines is 1. The van der Waals surface area contributed by atoms with Gasteiger partial charge in [0.1, 0.15) is 11.4 Å². The number of carbonyl (C=O) groups excluding carboxylic acids is 1. The Morgan fingerprint density at radius 1 is 1.29 bits per heavy atom. The van der Waals surface area contributed by atoms with Crippen LogP contribution in [0.25, 0.3) is 10.9 Å². The summed E-state index contributed by atoms with van der Waals surface area (Å²) in [5.41, 5.74) is 4.48. The summed E-state index contributed by atoms with van der Waals surface area (Å²) in [7, 11) is 1.56. The van der Waals surface area contributed by atoms with Gasteiger partial charge in [-0.2, -0.15) is 0 Å². The molecule has 0 fully saturated rings. The van der Waals surface area contributed by atoms with Crippen LogP contribution in [0.4, 0.5) is 5.69 Å². The third kappa shape index (κ3) is 3.65. The maximum Gasteiger partial charge on any atom is 0.272 e. The molecular weight excluding hydrogens is 372 g/mol. The predicted octanol–water partition coefficient (Wildman–Crippen LogP) is 6.17. The van der Waals surface area contributed by atoms with Crippen LogP contribution in [0.2, 0.25) is 5.02 Å². The third-order valence-corrected chi connectivity index (χ3v) is 5.24. The molecule has 28 heavy (non-hydrogen) atoms. The summed E-state index contributed by atoms with van der Waals surface area (Å²) in [5, 5.41) is 4.49. The van der Waals surface area contributed by atoms with Crippen LogP contribution in [-0.4, -0.2) is 17.6 Å². The lowest BCUT2D eigenvalue weighted by atomic mass is 10.0. The second-order valence-electron chi connectivity index (χ2n) is 7.11. The van der Waals surface area contributed by atoms with Crippen molar-refractivity contribution in [2.75, 3.05) is 12.4 Å². The monoisotopic (exact) mass is 396 g/mol. The molecule has 0 aliphatic heterocycles. The van der Waals surface area contributed by atoms with Gasteiger partial charge in [-0.05, 0) is 54.3 Å². The number of halogens is 1. The Kier molecular flexibility index (Phi) is 5.80. The van der Waals surface area contributed by atoms with Crippen molar-refractivity contribution in [3.05, 3.63) is 70.9 Å². The van der Waals surface area contributed by atoms with E-state index in [1.54, 1.807) is 31.4 Å². The van der Waals surface area contributed by atoms with Gasteiger partial charge >= 0.3 is 0 Å². The molecule has 0 aliphatic rings. The Hall–Kier alpha value is -2.72. The van der Waals surface area contributed by atoms with E-state index >= 15 is 0 Å². The zero-order valence-electron chi connectivity index (χ0n) is 16.7. The van der Waals surface area contributed by atoms with Crippen LogP contribution in [0, 0.1) is 6.92 Å². The molecule has 3 rings (SSSR count). The van der Waals surface area contributed by atoms with Crippen LogP contribution in [0.15, 0.2) is 49.1 Å². The van der Waals surface area contributed by atoms with E-state index in [2.05, 4.69) is 43.9 Å². The van der Waals surface area contributed by atoms with Crippen molar-refractivity contribution in [2.45, 2.75) is 33.2 Å². The summed E-state index contributed by atoms with van der Waals surface area (Å²) in [4.78, 5) is 13.1. The largest absolute Gasteiger partial charge is 0.495 e. The first-order valence-electron chi connectivity index (χ1n) is 9.25. The van der Waals surface area contributed by atoms with Gasteiger partial charge in [-0.1, -0.05) is 37.6 Å². The number of fused-ring (bicyclic) bond motifs is 1. The van der Waals surface area contributed by atoms with Gasteiger partial charge < -0.3 is 14.6 Å². The van der Waals surface area contributed by atoms with Crippen molar-refractivity contribution in [3.8, 4) is 5.75 Å². The highest BCUT2D eigenvalue weighted by Crippen LogP contribution is 2.31. The van der Waals surface area contributed by atoms with Gasteiger partial charge in [-0.25, -0.2) is 0 Å². The lowest BCUT2D eigenvalue weighted by molar-refractivity contribution is 0.101. The van der Waals surface area contributed by atoms with E-state index in [1.807, 2.05) is 11.5 Å². The maximum atomic E-state index is 13.1. The highest BCUT2D eigenvalue weighted by molar-refractivity contribution is 6.32. The second-order valence-corrected chi connectivity index (χ2v) is 7.51. The summed E-state index contributed by atoms with van der Waals surface area (Å²) >= 11 is 6.19. The standard InChI is InChI=1S/C23H25ClN2O2/c1-6-11-26-20-9-7-16(14(2)3)12-18(20)15(4)22(26)23(27)25-17-8-10-21(28-5)19(24)13-17/h6-10,12-14H,1,11H2,2-5H3,(H,25,27). The SMILES string of the molecule is C=CCn1c(C(=O)Nc2ccc(OC)c(Cl)c2)c(C)c2cc(C(C)C)ccc21. The minimum Gasteiger partial charge on any atom is -0.495 e. The fourth-order valence-corrected chi connectivity index (χ4v) is 3.70. The Balaban J connectivity index is 2.06. The summed E-state index contributed by atoms with van der Waals surface area (Å²) in [6, 6.07) is 11.6. The van der Waals surface area contributed by atoms with Gasteiger partial charge in [-0.15, -0.1) is 6.58 Å². The normalized spacial score (nSPS) is 11.1. The quantitative estimate of drug-likeness (QED) is 0.506. The molecule has 0 radical (unpaired) electrons. The molecule has 0 saturated carbocycles. The van der Waals surface area contributed by atoms with Gasteiger partial charge in [-0.3, -0.25) is 4.79 Å². The molecule has 5 heteroatoms. The van der Waals surface area contributed by atoms with Crippen LogP contribution in [0.5, 0.6) is 5.75 Å². The zero-order chi connectivity index (χ0) is 20.4. The topological polar surface area (TPSA) is 43.3 Å². The number of ether oxygens (including phenoxy) is 1. The molecule has 3 aromatic rings. The molecule has 1 N–H and O–H groups in total. The van der Waals surface area contributed by atoms with Crippen molar-refractivity contribution in [1.29, 1.82) is 0 Å². The Bertz CT molecular complexity index is 1050. The number of hydrogen-bond donors (Lipinski definition) is 1. The number of methoxy groups -OCH3 is 1. The molecule has 0 aliphatic carbocycles. The number of benzene rings is 2. The number of aryl methyl sites for hydroxylation is 1. The summed E-state index contributed by atoms with van der Waals surface area (Å²) in [6.07, 6.45) is 1.80. The highest BCUT2D eigenvalue weighted by Gasteiger charge is 2.21. The molecule has 4 nitrogen and oxygen atoms in total. The fraction of sp³-hybridized carbons (Fsp3) is 0.261. The Morgan fingerprint density at radius 3 is 2.64 bits per heavy atom. The third-order valence-electron chi connectivity index (χ3n) is 4.94. The van der Waals surface area contributed by atoms with Gasteiger partial charge in [0.05, 0.1) is 12.1 Å². The minimum atomic E-state index is -0.178. The first-order chi connectivity index (χ1) is 13.4. The number of aromatic nitrogens is 1. The van der Waals surface area contributed by atoms with Crippen LogP contribution < -0.4 is 10.1 Å². The number of hydrogen-bond acceptors (Lipinski definition) is 2. The van der Waals surface area contributed by atoms with E-state index in [4.69, 9.17) is 16.3 Å². The molecular formula is C23H25ClN2O2. The number of rotatable bonds is 6. The summed E-state index contributed by atoms with van der Waals surface area (Å²) in [6.45, 7) is 10.7. The Labute approximate surface area is 170 Å². The van der Waals surface area contributed by atoms with Crippen molar-refractivity contribution < 1.29 is 9.53 Å². The molecule has 0 atom stereocenters. The first-order valence-corrected chi connectivity index (χ1v) is 9.63. The Morgan fingerprint density at radius 2 is 2.04 bits per heavy atom. The van der Waals surface area contributed by atoms with Gasteiger partial charge in [0.15, 0.2) is 0 Å². The van der Waals surface area contributed by atoms with E-state index in [1.165, 1.54) is 5.56 Å². The number of amides is 1. The van der Waals surface area contributed by atoms with Gasteiger partial charge in [0.25, 0.3) is 5.91 Å². The second kappa shape index (κ2) is 8.11. The smallest absolute Gasteiger partial charge is 0.272 e. The van der Waals surface area contributed by atoms with Crippen LogP contribution in [0.3, 0.4) is 0 Å². The summed E-state index contributed by atoms with van der Waals surface area (Å²) < 4.78 is 7.17. The average molecular weight is 397 g/mol. The minimum absolute atomic E-state index is 0.178. The van der Waals surface area contributed by atoms with Gasteiger partial charge in [0.2, 0.25) is 0 Å². The van der Waals surface area contributed by atoms with E-state index in [-0.39, 0.29) is 5.91 Å². The molecule has 1 heterocycles. The van der Waals surface area contributed by atoms with Crippen molar-refractivity contribution in [1.82, 2.24) is 4.57 Å². The van der Waals surface area contributed by atoms with Crippen LogP contribution in [-0.2, 0) is 6.54 Å². The molecule has 1 amide bonds. The summed E-state index contributed by atoms with van der Waals surface area (Å²) in [5.74, 6) is 0.811. The highest BCUT2D eigenvalue weighted by atomic mass is 35.5. The predicted molar refractivity (Wildman–Crippen MR) is 117 cm³/mol. The molecule has 146 valence electrons.